The van der Waals surface area contributed by atoms with E-state index in [4.69, 9.17) is 5.73 Å². The van der Waals surface area contributed by atoms with E-state index < -0.39 is 29.5 Å². The van der Waals surface area contributed by atoms with E-state index in [0.29, 0.717) is 6.07 Å². The third kappa shape index (κ3) is 4.47. The van der Waals surface area contributed by atoms with Gasteiger partial charge in [0.2, 0.25) is 11.8 Å². The maximum atomic E-state index is 13.7. The lowest BCUT2D eigenvalue weighted by Gasteiger charge is -2.17. The van der Waals surface area contributed by atoms with Crippen LogP contribution in [0.1, 0.15) is 11.1 Å². The number of rotatable bonds is 6. The highest BCUT2D eigenvalue weighted by molar-refractivity contribution is 5.90. The topological polar surface area (TPSA) is 72.2 Å². The second-order valence-corrected chi connectivity index (χ2v) is 6.28. The van der Waals surface area contributed by atoms with Gasteiger partial charge in [-0.2, -0.15) is 0 Å². The molecule has 0 saturated carbocycles. The van der Waals surface area contributed by atoms with Gasteiger partial charge in [-0.3, -0.25) is 9.59 Å². The molecule has 3 N–H and O–H groups in total. The monoisotopic (exact) mass is 368 g/mol. The number of nitrogens with two attached hydrogens (primary N) is 1. The molecule has 0 saturated heterocycles. The molecule has 0 aromatic heterocycles. The SMILES string of the molecule is NC(=O)[C@H](Cc1cccc2ccccc12)NC(=O)Cc1ccc(F)cc1F. The molecule has 0 aliphatic rings. The third-order valence-electron chi connectivity index (χ3n) is 4.35. The van der Waals surface area contributed by atoms with Crippen molar-refractivity contribution in [2.24, 2.45) is 5.73 Å². The molecular formula is C21H18F2N2O2. The molecule has 4 nitrogen and oxygen atoms in total. The van der Waals surface area contributed by atoms with Crippen LogP contribution in [0.3, 0.4) is 0 Å². The van der Waals surface area contributed by atoms with Crippen molar-refractivity contribution < 1.29 is 18.4 Å². The molecule has 3 rings (SSSR count). The van der Waals surface area contributed by atoms with E-state index in [9.17, 15) is 18.4 Å². The van der Waals surface area contributed by atoms with Gasteiger partial charge in [0, 0.05) is 12.5 Å². The summed E-state index contributed by atoms with van der Waals surface area (Å²) in [6.07, 6.45) is -0.0975. The Morgan fingerprint density at radius 3 is 2.44 bits per heavy atom. The van der Waals surface area contributed by atoms with Crippen molar-refractivity contribution in [3.63, 3.8) is 0 Å². The fraction of sp³-hybridized carbons (Fsp3) is 0.143. The number of primary amides is 1. The standard InChI is InChI=1S/C21H18F2N2O2/c22-16-9-8-15(18(23)12-16)11-20(26)25-19(21(24)27)10-14-6-3-5-13-4-1-2-7-17(13)14/h1-9,12,19H,10-11H2,(H2,24,27)(H,25,26)/t19-/m0/s1. The number of carbonyl (C=O) groups is 2. The average molecular weight is 368 g/mol. The lowest BCUT2D eigenvalue weighted by molar-refractivity contribution is -0.127. The van der Waals surface area contributed by atoms with Gasteiger partial charge < -0.3 is 11.1 Å². The van der Waals surface area contributed by atoms with Gasteiger partial charge in [0.25, 0.3) is 0 Å². The van der Waals surface area contributed by atoms with Crippen molar-refractivity contribution in [3.05, 3.63) is 83.4 Å². The van der Waals surface area contributed by atoms with Crippen molar-refractivity contribution in [2.75, 3.05) is 0 Å². The molecule has 0 radical (unpaired) electrons. The molecule has 138 valence electrons. The molecule has 1 atom stereocenters. The Balaban J connectivity index is 1.75. The van der Waals surface area contributed by atoms with Gasteiger partial charge in [0.1, 0.15) is 17.7 Å². The molecule has 2 amide bonds. The summed E-state index contributed by atoms with van der Waals surface area (Å²) in [6.45, 7) is 0. The Morgan fingerprint density at radius 2 is 1.70 bits per heavy atom. The van der Waals surface area contributed by atoms with Crippen LogP contribution in [-0.4, -0.2) is 17.9 Å². The van der Waals surface area contributed by atoms with Crippen molar-refractivity contribution in [1.29, 1.82) is 0 Å². The first-order valence-electron chi connectivity index (χ1n) is 8.43. The summed E-state index contributed by atoms with van der Waals surface area (Å²) in [5.74, 6) is -2.78. The van der Waals surface area contributed by atoms with E-state index in [2.05, 4.69) is 5.32 Å². The quantitative estimate of drug-likeness (QED) is 0.702. The van der Waals surface area contributed by atoms with Gasteiger partial charge in [0.05, 0.1) is 6.42 Å². The van der Waals surface area contributed by atoms with Crippen LogP contribution in [-0.2, 0) is 22.4 Å². The summed E-state index contributed by atoms with van der Waals surface area (Å²) in [5.41, 5.74) is 6.35. The van der Waals surface area contributed by atoms with E-state index in [-0.39, 0.29) is 18.4 Å². The normalized spacial score (nSPS) is 11.9. The zero-order chi connectivity index (χ0) is 19.4. The molecule has 0 bridgehead atoms. The summed E-state index contributed by atoms with van der Waals surface area (Å²) < 4.78 is 26.7. The molecule has 0 unspecified atom stereocenters. The van der Waals surface area contributed by atoms with E-state index >= 15 is 0 Å². The van der Waals surface area contributed by atoms with Crippen molar-refractivity contribution in [3.8, 4) is 0 Å². The maximum absolute atomic E-state index is 13.7. The maximum Gasteiger partial charge on any atom is 0.240 e. The Morgan fingerprint density at radius 1 is 0.963 bits per heavy atom. The van der Waals surface area contributed by atoms with E-state index in [1.807, 2.05) is 42.5 Å². The van der Waals surface area contributed by atoms with Crippen molar-refractivity contribution in [2.45, 2.75) is 18.9 Å². The van der Waals surface area contributed by atoms with Gasteiger partial charge in [-0.1, -0.05) is 48.5 Å². The molecule has 6 heteroatoms. The van der Waals surface area contributed by atoms with Gasteiger partial charge >= 0.3 is 0 Å². The largest absolute Gasteiger partial charge is 0.368 e. The fourth-order valence-corrected chi connectivity index (χ4v) is 3.00. The van der Waals surface area contributed by atoms with Gasteiger partial charge in [-0.15, -0.1) is 0 Å². The number of carbonyl (C=O) groups excluding carboxylic acids is 2. The molecule has 0 aliphatic heterocycles. The summed E-state index contributed by atoms with van der Waals surface area (Å²) in [6, 6.07) is 15.4. The van der Waals surface area contributed by atoms with E-state index in [0.717, 1.165) is 22.4 Å². The number of nitrogens with one attached hydrogen (secondary N) is 1. The van der Waals surface area contributed by atoms with Crippen molar-refractivity contribution in [1.82, 2.24) is 5.32 Å². The number of halogens is 2. The van der Waals surface area contributed by atoms with Crippen LogP contribution in [0.2, 0.25) is 0 Å². The Bertz CT molecular complexity index is 999. The number of hydrogen-bond acceptors (Lipinski definition) is 2. The first kappa shape index (κ1) is 18.5. The van der Waals surface area contributed by atoms with Gasteiger partial charge in [0.15, 0.2) is 0 Å². The molecule has 0 fully saturated rings. The minimum Gasteiger partial charge on any atom is -0.368 e. The predicted octanol–water partition coefficient (Wildman–Crippen LogP) is 2.87. The fourth-order valence-electron chi connectivity index (χ4n) is 3.00. The number of hydrogen-bond donors (Lipinski definition) is 2. The minimum atomic E-state index is -0.938. The van der Waals surface area contributed by atoms with Crippen molar-refractivity contribution >= 4 is 22.6 Å². The molecule has 27 heavy (non-hydrogen) atoms. The van der Waals surface area contributed by atoms with E-state index in [1.54, 1.807) is 0 Å². The number of fused-ring (bicyclic) bond motifs is 1. The van der Waals surface area contributed by atoms with Crippen LogP contribution >= 0.6 is 0 Å². The zero-order valence-corrected chi connectivity index (χ0v) is 14.4. The summed E-state index contributed by atoms with van der Waals surface area (Å²) in [7, 11) is 0. The molecule has 3 aromatic rings. The Kier molecular flexibility index (Phi) is 5.45. The van der Waals surface area contributed by atoms with Crippen LogP contribution < -0.4 is 11.1 Å². The molecule has 3 aromatic carbocycles. The number of amides is 2. The Labute approximate surface area is 155 Å². The molecule has 0 spiro atoms. The summed E-state index contributed by atoms with van der Waals surface area (Å²) >= 11 is 0. The highest BCUT2D eigenvalue weighted by atomic mass is 19.1. The molecular weight excluding hydrogens is 350 g/mol. The van der Waals surface area contributed by atoms with Gasteiger partial charge in [-0.25, -0.2) is 8.78 Å². The smallest absolute Gasteiger partial charge is 0.240 e. The first-order valence-corrected chi connectivity index (χ1v) is 8.43. The average Bonchev–Trinajstić information content (AvgIpc) is 2.63. The molecule has 0 aliphatic carbocycles. The van der Waals surface area contributed by atoms with Gasteiger partial charge in [-0.05, 0) is 28.0 Å². The lowest BCUT2D eigenvalue weighted by atomic mass is 9.98. The second-order valence-electron chi connectivity index (χ2n) is 6.28. The third-order valence-corrected chi connectivity index (χ3v) is 4.35. The number of benzene rings is 3. The minimum absolute atomic E-state index is 0.0438. The van der Waals surface area contributed by atoms with Crippen LogP contribution in [0.25, 0.3) is 10.8 Å². The Hall–Kier alpha value is -3.28. The van der Waals surface area contributed by atoms with E-state index in [1.165, 1.54) is 6.07 Å². The lowest BCUT2D eigenvalue weighted by Crippen LogP contribution is -2.46. The predicted molar refractivity (Wildman–Crippen MR) is 98.8 cm³/mol. The van der Waals surface area contributed by atoms with Crippen LogP contribution in [0.5, 0.6) is 0 Å². The zero-order valence-electron chi connectivity index (χ0n) is 14.4. The summed E-state index contributed by atoms with van der Waals surface area (Å²) in [4.78, 5) is 24.1. The highest BCUT2D eigenvalue weighted by Gasteiger charge is 2.20. The van der Waals surface area contributed by atoms with Crippen LogP contribution in [0.15, 0.2) is 60.7 Å². The second kappa shape index (κ2) is 7.95. The molecule has 0 heterocycles. The highest BCUT2D eigenvalue weighted by Crippen LogP contribution is 2.20. The summed E-state index contributed by atoms with van der Waals surface area (Å²) in [5, 5.41) is 4.52. The van der Waals surface area contributed by atoms with Crippen LogP contribution in [0.4, 0.5) is 8.78 Å². The van der Waals surface area contributed by atoms with Crippen LogP contribution in [0, 0.1) is 11.6 Å². The first-order chi connectivity index (χ1) is 12.9.